The van der Waals surface area contributed by atoms with Gasteiger partial charge in [-0.1, -0.05) is 0 Å². The van der Waals surface area contributed by atoms with Gasteiger partial charge >= 0.3 is 0 Å². The van der Waals surface area contributed by atoms with Gasteiger partial charge in [0.25, 0.3) is 5.91 Å². The zero-order valence-corrected chi connectivity index (χ0v) is 13.1. The molecule has 0 saturated heterocycles. The number of furan rings is 2. The van der Waals surface area contributed by atoms with E-state index in [1.165, 1.54) is 12.3 Å². The quantitative estimate of drug-likeness (QED) is 0.714. The van der Waals surface area contributed by atoms with Crippen molar-refractivity contribution in [3.8, 4) is 0 Å². The molecule has 2 aromatic heterocycles. The third kappa shape index (κ3) is 4.72. The van der Waals surface area contributed by atoms with E-state index in [2.05, 4.69) is 10.6 Å². The highest BCUT2D eigenvalue weighted by atomic mass is 16.4. The van der Waals surface area contributed by atoms with Gasteiger partial charge in [-0.05, 0) is 38.1 Å². The Morgan fingerprint density at radius 2 is 2.04 bits per heavy atom. The number of aliphatic hydroxyl groups is 1. The summed E-state index contributed by atoms with van der Waals surface area (Å²) in [5.41, 5.74) is -1.29. The average molecular weight is 320 g/mol. The molecule has 1 unspecified atom stereocenters. The van der Waals surface area contributed by atoms with E-state index in [0.717, 1.165) is 0 Å². The predicted octanol–water partition coefficient (Wildman–Crippen LogP) is 1.32. The molecule has 0 saturated carbocycles. The number of carbonyl (C=O) groups excluding carboxylic acids is 2. The van der Waals surface area contributed by atoms with Crippen LogP contribution in [-0.4, -0.2) is 30.0 Å². The largest absolute Gasteiger partial charge is 0.463 e. The van der Waals surface area contributed by atoms with Crippen LogP contribution in [0, 0.1) is 6.92 Å². The van der Waals surface area contributed by atoms with Crippen molar-refractivity contribution in [1.29, 1.82) is 0 Å². The Balaban J connectivity index is 1.71. The molecule has 0 aliphatic rings. The summed E-state index contributed by atoms with van der Waals surface area (Å²) in [5.74, 6) is 0.615. The number of hydrogen-bond acceptors (Lipinski definition) is 5. The van der Waals surface area contributed by atoms with Crippen LogP contribution in [0.5, 0.6) is 0 Å². The van der Waals surface area contributed by atoms with Crippen LogP contribution in [0.4, 0.5) is 0 Å². The Bertz CT molecular complexity index is 658. The fraction of sp³-hybridized carbons (Fsp3) is 0.375. The fourth-order valence-corrected chi connectivity index (χ4v) is 1.95. The van der Waals surface area contributed by atoms with Crippen LogP contribution in [0.15, 0.2) is 39.4 Å². The summed E-state index contributed by atoms with van der Waals surface area (Å²) in [5, 5.41) is 15.5. The van der Waals surface area contributed by atoms with E-state index in [1.807, 2.05) is 0 Å². The summed E-state index contributed by atoms with van der Waals surface area (Å²) in [6.45, 7) is 3.53. The molecule has 2 aromatic rings. The second kappa shape index (κ2) is 7.15. The van der Waals surface area contributed by atoms with Crippen molar-refractivity contribution in [2.45, 2.75) is 25.9 Å². The van der Waals surface area contributed by atoms with E-state index in [1.54, 1.807) is 32.0 Å². The van der Waals surface area contributed by atoms with Gasteiger partial charge in [0.05, 0.1) is 12.8 Å². The summed E-state index contributed by atoms with van der Waals surface area (Å²) in [4.78, 5) is 23.4. The predicted molar refractivity (Wildman–Crippen MR) is 81.7 cm³/mol. The van der Waals surface area contributed by atoms with Crippen molar-refractivity contribution in [2.75, 3.05) is 13.1 Å². The van der Waals surface area contributed by atoms with Crippen LogP contribution in [0.25, 0.3) is 0 Å². The van der Waals surface area contributed by atoms with Gasteiger partial charge in [0.15, 0.2) is 5.76 Å². The Hall–Kier alpha value is -2.54. The van der Waals surface area contributed by atoms with Crippen molar-refractivity contribution in [1.82, 2.24) is 10.6 Å². The Kier molecular flexibility index (Phi) is 5.23. The minimum atomic E-state index is -1.29. The molecule has 7 nitrogen and oxygen atoms in total. The molecule has 0 bridgehead atoms. The molecule has 2 amide bonds. The zero-order chi connectivity index (χ0) is 16.9. The highest BCUT2D eigenvalue weighted by Crippen LogP contribution is 2.21. The molecule has 3 N–H and O–H groups in total. The Morgan fingerprint density at radius 1 is 1.26 bits per heavy atom. The molecule has 0 radical (unpaired) electrons. The number of amides is 2. The molecular weight excluding hydrogens is 300 g/mol. The van der Waals surface area contributed by atoms with Crippen LogP contribution in [0.2, 0.25) is 0 Å². The number of carbonyl (C=O) groups is 2. The monoisotopic (exact) mass is 320 g/mol. The second-order valence-corrected chi connectivity index (χ2v) is 5.44. The maximum absolute atomic E-state index is 11.8. The lowest BCUT2D eigenvalue weighted by Gasteiger charge is -2.21. The van der Waals surface area contributed by atoms with E-state index < -0.39 is 5.60 Å². The Morgan fingerprint density at radius 3 is 2.65 bits per heavy atom. The van der Waals surface area contributed by atoms with Gasteiger partial charge in [0, 0.05) is 13.0 Å². The van der Waals surface area contributed by atoms with Gasteiger partial charge in [-0.3, -0.25) is 9.59 Å². The second-order valence-electron chi connectivity index (χ2n) is 5.44. The number of aryl methyl sites for hydroxylation is 1. The molecular formula is C16H20N2O5. The van der Waals surface area contributed by atoms with Crippen LogP contribution in [0.1, 0.15) is 35.4 Å². The molecule has 0 aliphatic carbocycles. The first kappa shape index (κ1) is 16.8. The lowest BCUT2D eigenvalue weighted by Crippen LogP contribution is -2.39. The molecule has 7 heteroatoms. The first-order valence-electron chi connectivity index (χ1n) is 7.26. The third-order valence-corrected chi connectivity index (χ3v) is 3.28. The van der Waals surface area contributed by atoms with Crippen LogP contribution in [-0.2, 0) is 10.4 Å². The van der Waals surface area contributed by atoms with E-state index in [-0.39, 0.29) is 37.1 Å². The molecule has 0 aliphatic heterocycles. The third-order valence-electron chi connectivity index (χ3n) is 3.28. The van der Waals surface area contributed by atoms with E-state index in [4.69, 9.17) is 8.83 Å². The van der Waals surface area contributed by atoms with Crippen LogP contribution >= 0.6 is 0 Å². The van der Waals surface area contributed by atoms with Gasteiger partial charge in [-0.2, -0.15) is 0 Å². The van der Waals surface area contributed by atoms with Gasteiger partial charge in [-0.15, -0.1) is 0 Å². The van der Waals surface area contributed by atoms with Crippen molar-refractivity contribution < 1.29 is 23.5 Å². The molecule has 0 spiro atoms. The molecule has 2 heterocycles. The van der Waals surface area contributed by atoms with Gasteiger partial charge in [0.2, 0.25) is 5.91 Å². The first-order chi connectivity index (χ1) is 10.9. The smallest absolute Gasteiger partial charge is 0.286 e. The van der Waals surface area contributed by atoms with E-state index >= 15 is 0 Å². The summed E-state index contributed by atoms with van der Waals surface area (Å²) in [7, 11) is 0. The summed E-state index contributed by atoms with van der Waals surface area (Å²) >= 11 is 0. The topological polar surface area (TPSA) is 105 Å². The van der Waals surface area contributed by atoms with Crippen molar-refractivity contribution >= 4 is 11.8 Å². The number of nitrogens with one attached hydrogen (secondary N) is 2. The van der Waals surface area contributed by atoms with Gasteiger partial charge in [-0.25, -0.2) is 0 Å². The molecule has 0 aromatic carbocycles. The molecule has 0 fully saturated rings. The van der Waals surface area contributed by atoms with Crippen LogP contribution < -0.4 is 10.6 Å². The lowest BCUT2D eigenvalue weighted by molar-refractivity contribution is -0.122. The van der Waals surface area contributed by atoms with Gasteiger partial charge in [0.1, 0.15) is 17.1 Å². The fourth-order valence-electron chi connectivity index (χ4n) is 1.95. The summed E-state index contributed by atoms with van der Waals surface area (Å²) < 4.78 is 10.3. The highest BCUT2D eigenvalue weighted by Gasteiger charge is 2.27. The van der Waals surface area contributed by atoms with Crippen molar-refractivity contribution in [3.05, 3.63) is 47.8 Å². The number of rotatable bonds is 7. The molecule has 23 heavy (non-hydrogen) atoms. The first-order valence-corrected chi connectivity index (χ1v) is 7.26. The maximum Gasteiger partial charge on any atom is 0.286 e. The minimum absolute atomic E-state index is 0.0188. The minimum Gasteiger partial charge on any atom is -0.463 e. The standard InChI is InChI=1S/C16H20N2O5/c1-11-5-6-13(23-11)16(2,21)10-18-14(19)7-8-17-15(20)12-4-3-9-22-12/h3-6,9,21H,7-8,10H2,1-2H3,(H,17,20)(H,18,19). The molecule has 124 valence electrons. The Labute approximate surface area is 133 Å². The summed E-state index contributed by atoms with van der Waals surface area (Å²) in [6, 6.07) is 6.57. The average Bonchev–Trinajstić information content (AvgIpc) is 3.16. The normalized spacial score (nSPS) is 13.3. The van der Waals surface area contributed by atoms with E-state index in [0.29, 0.717) is 11.5 Å². The van der Waals surface area contributed by atoms with Crippen molar-refractivity contribution in [2.24, 2.45) is 0 Å². The zero-order valence-electron chi connectivity index (χ0n) is 13.1. The highest BCUT2D eigenvalue weighted by molar-refractivity contribution is 5.91. The van der Waals surface area contributed by atoms with Crippen molar-refractivity contribution in [3.63, 3.8) is 0 Å². The molecule has 1 atom stereocenters. The SMILES string of the molecule is Cc1ccc(C(C)(O)CNC(=O)CCNC(=O)c2ccco2)o1. The maximum atomic E-state index is 11.8. The van der Waals surface area contributed by atoms with Gasteiger partial charge < -0.3 is 24.6 Å². The van der Waals surface area contributed by atoms with Crippen LogP contribution in [0.3, 0.4) is 0 Å². The van der Waals surface area contributed by atoms with E-state index in [9.17, 15) is 14.7 Å². The molecule has 2 rings (SSSR count). The summed E-state index contributed by atoms with van der Waals surface area (Å²) in [6.07, 6.45) is 1.50. The lowest BCUT2D eigenvalue weighted by atomic mass is 10.0. The number of hydrogen-bond donors (Lipinski definition) is 3.